The molecule has 1 heterocycles. The molecular weight excluding hydrogens is 354 g/mol. The topological polar surface area (TPSA) is 64.6 Å². The van der Waals surface area contributed by atoms with E-state index in [2.05, 4.69) is 5.32 Å². The van der Waals surface area contributed by atoms with E-state index in [1.165, 1.54) is 0 Å². The van der Waals surface area contributed by atoms with Gasteiger partial charge in [-0.15, -0.1) is 0 Å². The molecule has 0 radical (unpaired) electrons. The van der Waals surface area contributed by atoms with Gasteiger partial charge in [-0.05, 0) is 46.1 Å². The minimum Gasteiger partial charge on any atom is -0.493 e. The van der Waals surface area contributed by atoms with Crippen molar-refractivity contribution in [1.82, 2.24) is 5.32 Å². The minimum atomic E-state index is -0.469. The Morgan fingerprint density at radius 1 is 1.25 bits per heavy atom. The summed E-state index contributed by atoms with van der Waals surface area (Å²) in [6.07, 6.45) is 2.77. The van der Waals surface area contributed by atoms with Crippen molar-refractivity contribution in [3.8, 4) is 5.75 Å². The number of carbonyl (C=O) groups excluding carboxylic acids is 2. The Bertz CT molecular complexity index is 835. The maximum absolute atomic E-state index is 13.0. The molecule has 0 fully saturated rings. The van der Waals surface area contributed by atoms with Gasteiger partial charge >= 0.3 is 5.97 Å². The third-order valence-corrected chi connectivity index (χ3v) is 5.03. The zero-order valence-electron chi connectivity index (χ0n) is 17.1. The van der Waals surface area contributed by atoms with E-state index in [0.717, 1.165) is 36.2 Å². The number of ether oxygens (including phenoxy) is 2. The molecule has 1 atom stereocenters. The molecule has 5 heteroatoms. The van der Waals surface area contributed by atoms with E-state index < -0.39 is 5.92 Å². The van der Waals surface area contributed by atoms with Crippen molar-refractivity contribution in [2.45, 2.75) is 65.4 Å². The Hall–Kier alpha value is -2.56. The van der Waals surface area contributed by atoms with Crippen LogP contribution < -0.4 is 10.1 Å². The maximum atomic E-state index is 13.0. The normalized spacial score (nSPS) is 19.5. The average molecular weight is 383 g/mol. The second kappa shape index (κ2) is 8.63. The molecule has 0 amide bonds. The third-order valence-electron chi connectivity index (χ3n) is 5.03. The van der Waals surface area contributed by atoms with Crippen LogP contribution in [0.3, 0.4) is 0 Å². The minimum absolute atomic E-state index is 0.0893. The number of ketones is 1. The predicted molar refractivity (Wildman–Crippen MR) is 108 cm³/mol. The van der Waals surface area contributed by atoms with Crippen LogP contribution in [0, 0.1) is 0 Å². The summed E-state index contributed by atoms with van der Waals surface area (Å²) < 4.78 is 11.5. The number of carbonyl (C=O) groups is 2. The summed E-state index contributed by atoms with van der Waals surface area (Å²) in [7, 11) is 0. The molecule has 2 aliphatic rings. The number of Topliss-reactive ketones (excluding diaryl/α,β-unsaturated/α-hetero) is 1. The highest BCUT2D eigenvalue weighted by molar-refractivity contribution is 6.04. The van der Waals surface area contributed by atoms with Gasteiger partial charge in [0, 0.05) is 29.0 Å². The average Bonchev–Trinajstić information content (AvgIpc) is 2.65. The smallest absolute Gasteiger partial charge is 0.337 e. The zero-order chi connectivity index (χ0) is 20.3. The fourth-order valence-electron chi connectivity index (χ4n) is 3.90. The molecule has 1 N–H and O–H groups in total. The lowest BCUT2D eigenvalue weighted by atomic mass is 9.75. The van der Waals surface area contributed by atoms with Gasteiger partial charge in [-0.2, -0.15) is 0 Å². The maximum Gasteiger partial charge on any atom is 0.337 e. The summed E-state index contributed by atoms with van der Waals surface area (Å²) in [5, 5.41) is 3.31. The van der Waals surface area contributed by atoms with E-state index in [-0.39, 0.29) is 17.9 Å². The van der Waals surface area contributed by atoms with Crippen molar-refractivity contribution in [3.05, 3.63) is 52.4 Å². The van der Waals surface area contributed by atoms with Crippen molar-refractivity contribution in [1.29, 1.82) is 0 Å². The second-order valence-electron chi connectivity index (χ2n) is 7.61. The van der Waals surface area contributed by atoms with Crippen LogP contribution in [0.1, 0.15) is 64.9 Å². The van der Waals surface area contributed by atoms with Gasteiger partial charge in [0.1, 0.15) is 5.75 Å². The first kappa shape index (κ1) is 20.2. The number of hydrogen-bond acceptors (Lipinski definition) is 5. The first-order valence-electron chi connectivity index (χ1n) is 10.1. The van der Waals surface area contributed by atoms with Crippen LogP contribution >= 0.6 is 0 Å². The van der Waals surface area contributed by atoms with Gasteiger partial charge in [-0.25, -0.2) is 4.79 Å². The number of nitrogens with one attached hydrogen (secondary N) is 1. The standard InChI is InChI=1S/C23H29NO4/c1-5-13-27-19-12-7-6-9-16(19)21-20(23(26)28-14(2)3)15(4)24-17-10-8-11-18(25)22(17)21/h6-7,9,12,14,21,24H,5,8,10-11,13H2,1-4H3/t21-/m0/s1. The quantitative estimate of drug-likeness (QED) is 0.738. The largest absolute Gasteiger partial charge is 0.493 e. The number of dihydropyridines is 1. The van der Waals surface area contributed by atoms with E-state index in [0.29, 0.717) is 29.9 Å². The van der Waals surface area contributed by atoms with Crippen LogP contribution in [0.25, 0.3) is 0 Å². The molecule has 1 aliphatic heterocycles. The van der Waals surface area contributed by atoms with Gasteiger partial charge in [0.05, 0.1) is 24.2 Å². The van der Waals surface area contributed by atoms with Crippen LogP contribution in [0.5, 0.6) is 5.75 Å². The van der Waals surface area contributed by atoms with Gasteiger partial charge in [0.25, 0.3) is 0 Å². The lowest BCUT2D eigenvalue weighted by Gasteiger charge is -2.35. The number of allylic oxidation sites excluding steroid dienone is 3. The molecule has 1 aromatic carbocycles. The highest BCUT2D eigenvalue weighted by Gasteiger charge is 2.40. The van der Waals surface area contributed by atoms with Crippen LogP contribution in [0.2, 0.25) is 0 Å². The van der Waals surface area contributed by atoms with Gasteiger partial charge in [0.15, 0.2) is 5.78 Å². The van der Waals surface area contributed by atoms with Gasteiger partial charge in [-0.1, -0.05) is 25.1 Å². The summed E-state index contributed by atoms with van der Waals surface area (Å²) in [6, 6.07) is 7.69. The van der Waals surface area contributed by atoms with E-state index in [4.69, 9.17) is 9.47 Å². The zero-order valence-corrected chi connectivity index (χ0v) is 17.1. The van der Waals surface area contributed by atoms with E-state index >= 15 is 0 Å². The Kier molecular flexibility index (Phi) is 6.22. The van der Waals surface area contributed by atoms with Crippen molar-refractivity contribution in [2.24, 2.45) is 0 Å². The number of rotatable bonds is 6. The fourth-order valence-corrected chi connectivity index (χ4v) is 3.90. The summed E-state index contributed by atoms with van der Waals surface area (Å²) >= 11 is 0. The molecule has 1 aromatic rings. The molecule has 0 unspecified atom stereocenters. The summed E-state index contributed by atoms with van der Waals surface area (Å²) in [5.74, 6) is -0.0564. The molecular formula is C23H29NO4. The highest BCUT2D eigenvalue weighted by Crippen LogP contribution is 2.45. The fraction of sp³-hybridized carbons (Fsp3) is 0.478. The molecule has 28 heavy (non-hydrogen) atoms. The second-order valence-corrected chi connectivity index (χ2v) is 7.61. The molecule has 0 spiro atoms. The summed E-state index contributed by atoms with van der Waals surface area (Å²) in [6.45, 7) is 8.16. The molecule has 3 rings (SSSR count). The van der Waals surface area contributed by atoms with Crippen LogP contribution in [0.4, 0.5) is 0 Å². The lowest BCUT2D eigenvalue weighted by molar-refractivity contribution is -0.143. The SMILES string of the molecule is CCCOc1ccccc1[C@H]1C(C(=O)OC(C)C)=C(C)NC2=C1C(=O)CCC2. The van der Waals surface area contributed by atoms with E-state index in [9.17, 15) is 9.59 Å². The first-order chi connectivity index (χ1) is 13.4. The Labute approximate surface area is 166 Å². The third kappa shape index (κ3) is 3.98. The lowest BCUT2D eigenvalue weighted by Crippen LogP contribution is -2.35. The highest BCUT2D eigenvalue weighted by atomic mass is 16.5. The number of benzene rings is 1. The van der Waals surface area contributed by atoms with Crippen LogP contribution in [0.15, 0.2) is 46.8 Å². The van der Waals surface area contributed by atoms with E-state index in [1.807, 2.05) is 52.0 Å². The molecule has 150 valence electrons. The monoisotopic (exact) mass is 383 g/mol. The number of hydrogen-bond donors (Lipinski definition) is 1. The molecule has 0 bridgehead atoms. The van der Waals surface area contributed by atoms with Crippen molar-refractivity contribution in [2.75, 3.05) is 6.61 Å². The molecule has 5 nitrogen and oxygen atoms in total. The first-order valence-corrected chi connectivity index (χ1v) is 10.1. The van der Waals surface area contributed by atoms with E-state index in [1.54, 1.807) is 0 Å². The van der Waals surface area contributed by atoms with Crippen LogP contribution in [-0.4, -0.2) is 24.5 Å². The van der Waals surface area contributed by atoms with Gasteiger partial charge < -0.3 is 14.8 Å². The Morgan fingerprint density at radius 3 is 2.71 bits per heavy atom. The summed E-state index contributed by atoms with van der Waals surface area (Å²) in [5.41, 5.74) is 3.69. The van der Waals surface area contributed by atoms with Gasteiger partial charge in [0.2, 0.25) is 0 Å². The number of para-hydroxylation sites is 1. The molecule has 0 saturated heterocycles. The van der Waals surface area contributed by atoms with Crippen molar-refractivity contribution < 1.29 is 19.1 Å². The van der Waals surface area contributed by atoms with Crippen LogP contribution in [-0.2, 0) is 14.3 Å². The molecule has 0 aromatic heterocycles. The molecule has 1 aliphatic carbocycles. The van der Waals surface area contributed by atoms with Crippen molar-refractivity contribution in [3.63, 3.8) is 0 Å². The van der Waals surface area contributed by atoms with Crippen molar-refractivity contribution >= 4 is 11.8 Å². The predicted octanol–water partition coefficient (Wildman–Crippen LogP) is 4.39. The Morgan fingerprint density at radius 2 is 2.00 bits per heavy atom. The molecule has 0 saturated carbocycles. The number of esters is 1. The Balaban J connectivity index is 2.15. The summed E-state index contributed by atoms with van der Waals surface area (Å²) in [4.78, 5) is 25.9. The van der Waals surface area contributed by atoms with Gasteiger partial charge in [-0.3, -0.25) is 4.79 Å².